The van der Waals surface area contributed by atoms with Crippen molar-refractivity contribution < 1.29 is 18.5 Å². The summed E-state index contributed by atoms with van der Waals surface area (Å²) in [4.78, 5) is 23.9. The summed E-state index contributed by atoms with van der Waals surface area (Å²) < 4.78 is 26.3. The quantitative estimate of drug-likeness (QED) is 0.637. The first-order chi connectivity index (χ1) is 10.8. The van der Waals surface area contributed by atoms with Crippen molar-refractivity contribution in [1.82, 2.24) is 4.90 Å². The summed E-state index contributed by atoms with van der Waals surface area (Å²) in [7, 11) is 1.49. The third kappa shape index (κ3) is 3.50. The van der Waals surface area contributed by atoms with Gasteiger partial charge in [-0.25, -0.2) is 8.78 Å². The minimum atomic E-state index is -0.995. The Balaban J connectivity index is 2.26. The number of amides is 1. The summed E-state index contributed by atoms with van der Waals surface area (Å²) in [6.07, 6.45) is 0. The summed E-state index contributed by atoms with van der Waals surface area (Å²) in [5.41, 5.74) is 0.381. The van der Waals surface area contributed by atoms with E-state index in [0.29, 0.717) is 5.56 Å². The van der Waals surface area contributed by atoms with Crippen LogP contribution >= 0.6 is 0 Å². The molecule has 5 nitrogen and oxygen atoms in total. The van der Waals surface area contributed by atoms with E-state index in [1.165, 1.54) is 42.3 Å². The molecule has 2 aromatic rings. The molecule has 1 atom stereocenters. The van der Waals surface area contributed by atoms with Gasteiger partial charge in [-0.1, -0.05) is 12.1 Å². The lowest BCUT2D eigenvalue weighted by Gasteiger charge is -2.25. The molecule has 0 fully saturated rings. The molecule has 0 spiro atoms. The molecule has 1 amide bonds. The molecule has 0 radical (unpaired) electrons. The fourth-order valence-corrected chi connectivity index (χ4v) is 2.13. The lowest BCUT2D eigenvalue weighted by atomic mass is 10.1. The molecule has 7 heteroatoms. The summed E-state index contributed by atoms with van der Waals surface area (Å²) in [6.45, 7) is 1.65. The number of hydrogen-bond acceptors (Lipinski definition) is 3. The van der Waals surface area contributed by atoms with Crippen LogP contribution in [0.4, 0.5) is 14.5 Å². The van der Waals surface area contributed by atoms with Crippen LogP contribution in [-0.4, -0.2) is 22.8 Å². The Morgan fingerprint density at radius 2 is 1.87 bits per heavy atom. The molecule has 0 N–H and O–H groups in total. The highest BCUT2D eigenvalue weighted by atomic mass is 19.2. The van der Waals surface area contributed by atoms with Crippen molar-refractivity contribution in [2.45, 2.75) is 13.0 Å². The van der Waals surface area contributed by atoms with Crippen LogP contribution in [0.2, 0.25) is 0 Å². The number of benzene rings is 2. The number of nitro groups is 1. The molecule has 120 valence electrons. The van der Waals surface area contributed by atoms with Crippen molar-refractivity contribution in [3.8, 4) is 0 Å². The zero-order valence-electron chi connectivity index (χ0n) is 12.5. The normalized spacial score (nSPS) is 11.8. The number of halogens is 2. The molecule has 23 heavy (non-hydrogen) atoms. The maximum absolute atomic E-state index is 13.3. The Morgan fingerprint density at radius 1 is 1.17 bits per heavy atom. The highest BCUT2D eigenvalue weighted by Crippen LogP contribution is 2.23. The van der Waals surface area contributed by atoms with Crippen LogP contribution in [0.25, 0.3) is 0 Å². The van der Waals surface area contributed by atoms with E-state index >= 15 is 0 Å². The summed E-state index contributed by atoms with van der Waals surface area (Å²) >= 11 is 0. The molecule has 1 unspecified atom stereocenters. The van der Waals surface area contributed by atoms with Gasteiger partial charge in [-0.05, 0) is 30.7 Å². The topological polar surface area (TPSA) is 63.5 Å². The monoisotopic (exact) mass is 320 g/mol. The number of nitro benzene ring substituents is 1. The standard InChI is InChI=1S/C16H14F2N2O3/c1-10(11-6-7-14(17)15(18)9-11)19(2)16(21)12-4-3-5-13(8-12)20(22)23/h3-10H,1-2H3. The van der Waals surface area contributed by atoms with Crippen molar-refractivity contribution in [2.75, 3.05) is 7.05 Å². The van der Waals surface area contributed by atoms with Gasteiger partial charge in [0.15, 0.2) is 11.6 Å². The van der Waals surface area contributed by atoms with Gasteiger partial charge in [0.1, 0.15) is 0 Å². The second-order valence-corrected chi connectivity index (χ2v) is 5.07. The number of carbonyl (C=O) groups is 1. The number of hydrogen-bond donors (Lipinski definition) is 0. The Morgan fingerprint density at radius 3 is 2.48 bits per heavy atom. The largest absolute Gasteiger partial charge is 0.335 e. The lowest BCUT2D eigenvalue weighted by molar-refractivity contribution is -0.384. The molecule has 2 rings (SSSR count). The van der Waals surface area contributed by atoms with Crippen LogP contribution in [0, 0.1) is 21.7 Å². The molecule has 0 heterocycles. The smallest absolute Gasteiger partial charge is 0.270 e. The van der Waals surface area contributed by atoms with Crippen molar-refractivity contribution >= 4 is 11.6 Å². The van der Waals surface area contributed by atoms with Crippen LogP contribution in [0.5, 0.6) is 0 Å². The summed E-state index contributed by atoms with van der Waals surface area (Å²) in [5.74, 6) is -2.41. The minimum Gasteiger partial charge on any atom is -0.335 e. The predicted molar refractivity (Wildman–Crippen MR) is 80.0 cm³/mol. The van der Waals surface area contributed by atoms with E-state index in [1.807, 2.05) is 0 Å². The van der Waals surface area contributed by atoms with Gasteiger partial charge in [0.25, 0.3) is 11.6 Å². The van der Waals surface area contributed by atoms with E-state index in [4.69, 9.17) is 0 Å². The van der Waals surface area contributed by atoms with Gasteiger partial charge in [0.2, 0.25) is 0 Å². The van der Waals surface area contributed by atoms with Crippen LogP contribution in [0.3, 0.4) is 0 Å². The van der Waals surface area contributed by atoms with Crippen molar-refractivity contribution in [1.29, 1.82) is 0 Å². The Kier molecular flexibility index (Phi) is 4.68. The SMILES string of the molecule is CC(c1ccc(F)c(F)c1)N(C)C(=O)c1cccc([N+](=O)[O-])c1. The zero-order chi connectivity index (χ0) is 17.1. The Hall–Kier alpha value is -2.83. The minimum absolute atomic E-state index is 0.149. The molecule has 0 saturated carbocycles. The van der Waals surface area contributed by atoms with Gasteiger partial charge in [-0.3, -0.25) is 14.9 Å². The van der Waals surface area contributed by atoms with Crippen molar-refractivity contribution in [2.24, 2.45) is 0 Å². The molecule has 0 bridgehead atoms. The second-order valence-electron chi connectivity index (χ2n) is 5.07. The number of carbonyl (C=O) groups excluding carboxylic acids is 1. The first kappa shape index (κ1) is 16.5. The predicted octanol–water partition coefficient (Wildman–Crippen LogP) is 3.71. The van der Waals surface area contributed by atoms with Crippen LogP contribution < -0.4 is 0 Å². The molecular weight excluding hydrogens is 306 g/mol. The van der Waals surface area contributed by atoms with E-state index in [-0.39, 0.29) is 11.3 Å². The van der Waals surface area contributed by atoms with Gasteiger partial charge in [-0.2, -0.15) is 0 Å². The van der Waals surface area contributed by atoms with Gasteiger partial charge < -0.3 is 4.90 Å². The first-order valence-corrected chi connectivity index (χ1v) is 6.78. The Labute approximate surface area is 131 Å². The van der Waals surface area contributed by atoms with Crippen LogP contribution in [0.15, 0.2) is 42.5 Å². The number of nitrogens with zero attached hydrogens (tertiary/aromatic N) is 2. The molecule has 0 aliphatic carbocycles. The Bertz CT molecular complexity index is 765. The van der Waals surface area contributed by atoms with Gasteiger partial charge >= 0.3 is 0 Å². The fourth-order valence-electron chi connectivity index (χ4n) is 2.13. The van der Waals surface area contributed by atoms with E-state index in [0.717, 1.165) is 12.1 Å². The highest BCUT2D eigenvalue weighted by Gasteiger charge is 2.21. The first-order valence-electron chi connectivity index (χ1n) is 6.78. The van der Waals surface area contributed by atoms with E-state index in [1.54, 1.807) is 6.92 Å². The van der Waals surface area contributed by atoms with Crippen LogP contribution in [0.1, 0.15) is 28.9 Å². The molecule has 0 aliphatic heterocycles. The highest BCUT2D eigenvalue weighted by molar-refractivity contribution is 5.94. The van der Waals surface area contributed by atoms with E-state index in [2.05, 4.69) is 0 Å². The van der Waals surface area contributed by atoms with Gasteiger partial charge in [0.05, 0.1) is 11.0 Å². The van der Waals surface area contributed by atoms with Crippen molar-refractivity contribution in [3.05, 3.63) is 75.3 Å². The van der Waals surface area contributed by atoms with Crippen molar-refractivity contribution in [3.63, 3.8) is 0 Å². The third-order valence-corrected chi connectivity index (χ3v) is 3.63. The average Bonchev–Trinajstić information content (AvgIpc) is 2.55. The molecule has 2 aromatic carbocycles. The fraction of sp³-hybridized carbons (Fsp3) is 0.188. The molecule has 0 aromatic heterocycles. The summed E-state index contributed by atoms with van der Waals surface area (Å²) in [5, 5.41) is 10.8. The maximum atomic E-state index is 13.3. The molecular formula is C16H14F2N2O3. The number of rotatable bonds is 4. The number of non-ortho nitro benzene ring substituents is 1. The average molecular weight is 320 g/mol. The lowest BCUT2D eigenvalue weighted by Crippen LogP contribution is -2.29. The van der Waals surface area contributed by atoms with Gasteiger partial charge in [0, 0.05) is 24.7 Å². The molecule has 0 aliphatic rings. The van der Waals surface area contributed by atoms with E-state index < -0.39 is 28.5 Å². The van der Waals surface area contributed by atoms with Crippen LogP contribution in [-0.2, 0) is 0 Å². The summed E-state index contributed by atoms with van der Waals surface area (Å²) in [6, 6.07) is 8.22. The second kappa shape index (κ2) is 6.51. The zero-order valence-corrected chi connectivity index (χ0v) is 12.5. The maximum Gasteiger partial charge on any atom is 0.270 e. The van der Waals surface area contributed by atoms with Gasteiger partial charge in [-0.15, -0.1) is 0 Å². The molecule has 0 saturated heterocycles. The van der Waals surface area contributed by atoms with E-state index in [9.17, 15) is 23.7 Å². The third-order valence-electron chi connectivity index (χ3n) is 3.63.